The summed E-state index contributed by atoms with van der Waals surface area (Å²) in [6, 6.07) is 8.51. The van der Waals surface area contributed by atoms with Crippen molar-refractivity contribution in [3.05, 3.63) is 52.7 Å². The van der Waals surface area contributed by atoms with Crippen molar-refractivity contribution in [1.82, 2.24) is 15.2 Å². The Labute approximate surface area is 201 Å². The first-order valence-corrected chi connectivity index (χ1v) is 11.9. The quantitative estimate of drug-likeness (QED) is 0.604. The highest BCUT2D eigenvalue weighted by atomic mass is 35.5. The molecule has 2 aromatic rings. The topological polar surface area (TPSA) is 77.6 Å². The highest BCUT2D eigenvalue weighted by molar-refractivity contribution is 6.31. The van der Waals surface area contributed by atoms with Crippen LogP contribution >= 0.6 is 11.6 Å². The number of rotatable bonds is 8. The second-order valence-electron chi connectivity index (χ2n) is 9.29. The van der Waals surface area contributed by atoms with Crippen molar-refractivity contribution < 1.29 is 9.59 Å². The van der Waals surface area contributed by atoms with Crippen LogP contribution in [-0.4, -0.2) is 61.0 Å². The van der Waals surface area contributed by atoms with E-state index in [1.807, 2.05) is 4.90 Å². The number of aromatic nitrogens is 1. The first-order valence-electron chi connectivity index (χ1n) is 11.6. The van der Waals surface area contributed by atoms with E-state index in [9.17, 15) is 9.59 Å². The third kappa shape index (κ3) is 6.92. The van der Waals surface area contributed by atoms with Gasteiger partial charge in [-0.05, 0) is 36.1 Å². The molecular weight excluding hydrogens is 438 g/mol. The number of benzene rings is 1. The van der Waals surface area contributed by atoms with Crippen molar-refractivity contribution in [1.29, 1.82) is 0 Å². The second-order valence-corrected chi connectivity index (χ2v) is 9.73. The molecule has 2 amide bonds. The molecular formula is C25H34ClN5O2. The van der Waals surface area contributed by atoms with Gasteiger partial charge in [0.2, 0.25) is 0 Å². The van der Waals surface area contributed by atoms with Gasteiger partial charge in [0.25, 0.3) is 11.8 Å². The van der Waals surface area contributed by atoms with E-state index >= 15 is 0 Å². The molecule has 0 radical (unpaired) electrons. The number of halogens is 1. The first kappa shape index (κ1) is 25.0. The molecule has 0 saturated carbocycles. The summed E-state index contributed by atoms with van der Waals surface area (Å²) in [6.07, 6.45) is 1.62. The molecule has 1 aromatic carbocycles. The van der Waals surface area contributed by atoms with Gasteiger partial charge in [-0.3, -0.25) is 9.59 Å². The molecule has 2 heterocycles. The van der Waals surface area contributed by atoms with E-state index in [1.54, 1.807) is 36.5 Å². The van der Waals surface area contributed by atoms with Crippen molar-refractivity contribution >= 4 is 34.9 Å². The van der Waals surface area contributed by atoms with E-state index in [1.165, 1.54) is 0 Å². The lowest BCUT2D eigenvalue weighted by Gasteiger charge is -2.32. The molecule has 0 atom stereocenters. The van der Waals surface area contributed by atoms with Crippen molar-refractivity contribution in [2.45, 2.75) is 27.7 Å². The molecule has 1 fully saturated rings. The summed E-state index contributed by atoms with van der Waals surface area (Å²) in [7, 11) is 0. The number of amides is 2. The van der Waals surface area contributed by atoms with Crippen molar-refractivity contribution in [2.24, 2.45) is 11.8 Å². The average molecular weight is 472 g/mol. The number of nitrogens with one attached hydrogen (secondary N) is 2. The summed E-state index contributed by atoms with van der Waals surface area (Å²) < 4.78 is 0. The van der Waals surface area contributed by atoms with Gasteiger partial charge < -0.3 is 20.4 Å². The van der Waals surface area contributed by atoms with Gasteiger partial charge in [-0.25, -0.2) is 4.98 Å². The second kappa shape index (κ2) is 11.5. The van der Waals surface area contributed by atoms with Gasteiger partial charge in [0.05, 0.1) is 17.4 Å². The zero-order valence-corrected chi connectivity index (χ0v) is 20.7. The maximum atomic E-state index is 13.7. The standard InChI is InChI=1S/C25H34ClN5O2/c1-17(2)15-31(16-18(3)4)25(33)22-13-21(14-28-23(22)30-10-8-27-9-11-30)29-24(32)19-6-5-7-20(26)12-19/h5-7,12-14,17-18,27H,8-11,15-16H2,1-4H3,(H,29,32). The molecule has 0 bridgehead atoms. The molecule has 1 saturated heterocycles. The van der Waals surface area contributed by atoms with E-state index < -0.39 is 0 Å². The number of carbonyl (C=O) groups is 2. The van der Waals surface area contributed by atoms with Gasteiger partial charge in [0, 0.05) is 49.9 Å². The van der Waals surface area contributed by atoms with Crippen LogP contribution in [0.4, 0.5) is 11.5 Å². The number of hydrogen-bond donors (Lipinski definition) is 2. The Bertz CT molecular complexity index is 963. The predicted molar refractivity (Wildman–Crippen MR) is 134 cm³/mol. The third-order valence-electron chi connectivity index (χ3n) is 5.32. The Morgan fingerprint density at radius 3 is 2.39 bits per heavy atom. The Hall–Kier alpha value is -2.64. The monoisotopic (exact) mass is 471 g/mol. The van der Waals surface area contributed by atoms with E-state index in [-0.39, 0.29) is 11.8 Å². The number of anilines is 2. The Morgan fingerprint density at radius 1 is 1.12 bits per heavy atom. The minimum Gasteiger partial charge on any atom is -0.353 e. The van der Waals surface area contributed by atoms with E-state index in [0.717, 1.165) is 26.2 Å². The molecule has 33 heavy (non-hydrogen) atoms. The van der Waals surface area contributed by atoms with Crippen LogP contribution in [0, 0.1) is 11.8 Å². The van der Waals surface area contributed by atoms with Crippen LogP contribution in [0.3, 0.4) is 0 Å². The van der Waals surface area contributed by atoms with Crippen LogP contribution in [0.25, 0.3) is 0 Å². The molecule has 178 valence electrons. The third-order valence-corrected chi connectivity index (χ3v) is 5.55. The molecule has 0 spiro atoms. The fourth-order valence-electron chi connectivity index (χ4n) is 3.94. The largest absolute Gasteiger partial charge is 0.353 e. The summed E-state index contributed by atoms with van der Waals surface area (Å²) in [4.78, 5) is 35.2. The number of nitrogens with zero attached hydrogens (tertiary/aromatic N) is 3. The van der Waals surface area contributed by atoms with Gasteiger partial charge in [0.15, 0.2) is 0 Å². The number of piperazine rings is 1. The van der Waals surface area contributed by atoms with Crippen LogP contribution in [0.5, 0.6) is 0 Å². The normalized spacial score (nSPS) is 14.0. The summed E-state index contributed by atoms with van der Waals surface area (Å²) >= 11 is 6.03. The highest BCUT2D eigenvalue weighted by Crippen LogP contribution is 2.25. The molecule has 3 rings (SSSR count). The summed E-state index contributed by atoms with van der Waals surface area (Å²) in [6.45, 7) is 13.0. The fraction of sp³-hybridized carbons (Fsp3) is 0.480. The minimum absolute atomic E-state index is 0.0581. The van der Waals surface area contributed by atoms with Crippen LogP contribution < -0.4 is 15.5 Å². The Balaban J connectivity index is 1.94. The van der Waals surface area contributed by atoms with Gasteiger partial charge in [-0.1, -0.05) is 45.4 Å². The van der Waals surface area contributed by atoms with Crippen LogP contribution in [0.2, 0.25) is 5.02 Å². The summed E-state index contributed by atoms with van der Waals surface area (Å²) in [5.41, 5.74) is 1.45. The smallest absolute Gasteiger partial charge is 0.257 e. The van der Waals surface area contributed by atoms with E-state index in [0.29, 0.717) is 52.6 Å². The lowest BCUT2D eigenvalue weighted by Crippen LogP contribution is -2.45. The number of hydrogen-bond acceptors (Lipinski definition) is 5. The lowest BCUT2D eigenvalue weighted by atomic mass is 10.1. The minimum atomic E-state index is -0.297. The van der Waals surface area contributed by atoms with Gasteiger partial charge in [-0.2, -0.15) is 0 Å². The lowest BCUT2D eigenvalue weighted by molar-refractivity contribution is 0.0715. The molecule has 0 unspecified atom stereocenters. The van der Waals surface area contributed by atoms with Crippen molar-refractivity contribution in [3.63, 3.8) is 0 Å². The number of pyridine rings is 1. The number of carbonyl (C=O) groups excluding carboxylic acids is 2. The maximum absolute atomic E-state index is 13.7. The van der Waals surface area contributed by atoms with Gasteiger partial charge in [0.1, 0.15) is 5.82 Å². The van der Waals surface area contributed by atoms with Gasteiger partial charge in [-0.15, -0.1) is 0 Å². The van der Waals surface area contributed by atoms with Crippen molar-refractivity contribution in [3.8, 4) is 0 Å². The predicted octanol–water partition coefficient (Wildman–Crippen LogP) is 4.15. The molecule has 0 aliphatic carbocycles. The summed E-state index contributed by atoms with van der Waals surface area (Å²) in [5.74, 6) is 0.994. The molecule has 1 aliphatic rings. The van der Waals surface area contributed by atoms with Crippen molar-refractivity contribution in [2.75, 3.05) is 49.5 Å². The van der Waals surface area contributed by atoms with E-state index in [4.69, 9.17) is 11.6 Å². The molecule has 2 N–H and O–H groups in total. The average Bonchev–Trinajstić information content (AvgIpc) is 2.78. The summed E-state index contributed by atoms with van der Waals surface area (Å²) in [5, 5.41) is 6.69. The zero-order chi connectivity index (χ0) is 24.0. The molecule has 8 heteroatoms. The molecule has 1 aliphatic heterocycles. The highest BCUT2D eigenvalue weighted by Gasteiger charge is 2.26. The first-order chi connectivity index (χ1) is 15.7. The van der Waals surface area contributed by atoms with Crippen LogP contribution in [0.15, 0.2) is 36.5 Å². The Morgan fingerprint density at radius 2 is 1.79 bits per heavy atom. The Kier molecular flexibility index (Phi) is 8.69. The molecule has 1 aromatic heterocycles. The van der Waals surface area contributed by atoms with Crippen LogP contribution in [-0.2, 0) is 0 Å². The SMILES string of the molecule is CC(C)CN(CC(C)C)C(=O)c1cc(NC(=O)c2cccc(Cl)c2)cnc1N1CCNCC1. The zero-order valence-electron chi connectivity index (χ0n) is 19.9. The van der Waals surface area contributed by atoms with Crippen LogP contribution in [0.1, 0.15) is 48.4 Å². The fourth-order valence-corrected chi connectivity index (χ4v) is 4.13. The molecule has 7 nitrogen and oxygen atoms in total. The van der Waals surface area contributed by atoms with E-state index in [2.05, 4.69) is 48.2 Å². The van der Waals surface area contributed by atoms with Gasteiger partial charge >= 0.3 is 0 Å². The maximum Gasteiger partial charge on any atom is 0.257 e.